The molecule has 2 fully saturated rings. The first-order valence-corrected chi connectivity index (χ1v) is 10.5. The van der Waals surface area contributed by atoms with Crippen LogP contribution in [0.3, 0.4) is 0 Å². The smallest absolute Gasteiger partial charge is 0.225 e. The van der Waals surface area contributed by atoms with Crippen molar-refractivity contribution in [2.75, 3.05) is 26.0 Å². The Hall–Kier alpha value is -1.08. The molecule has 0 unspecified atom stereocenters. The zero-order valence-electron chi connectivity index (χ0n) is 15.6. The maximum Gasteiger partial charge on any atom is 0.225 e. The summed E-state index contributed by atoms with van der Waals surface area (Å²) in [5, 5.41) is 9.71. The summed E-state index contributed by atoms with van der Waals surface area (Å²) < 4.78 is 7.54. The number of ether oxygens (including phenoxy) is 1. The minimum atomic E-state index is 0.177. The third kappa shape index (κ3) is 4.19. The lowest BCUT2D eigenvalue weighted by molar-refractivity contribution is -0.138. The summed E-state index contributed by atoms with van der Waals surface area (Å²) in [7, 11) is 3.81. The Labute approximate surface area is 154 Å². The Kier molecular flexibility index (Phi) is 6.39. The van der Waals surface area contributed by atoms with Crippen LogP contribution >= 0.6 is 11.8 Å². The number of thioether (sulfide) groups is 1. The Morgan fingerprint density at radius 3 is 2.68 bits per heavy atom. The van der Waals surface area contributed by atoms with Gasteiger partial charge in [0.1, 0.15) is 5.82 Å². The second-order valence-electron chi connectivity index (χ2n) is 7.17. The molecule has 0 N–H and O–H groups in total. The van der Waals surface area contributed by atoms with Gasteiger partial charge in [0.15, 0.2) is 5.16 Å². The second-order valence-corrected chi connectivity index (χ2v) is 8.40. The van der Waals surface area contributed by atoms with Gasteiger partial charge in [-0.3, -0.25) is 4.79 Å². The number of carbonyl (C=O) groups is 1. The highest BCUT2D eigenvalue weighted by Gasteiger charge is 2.33. The van der Waals surface area contributed by atoms with E-state index >= 15 is 0 Å². The molecule has 1 saturated carbocycles. The van der Waals surface area contributed by atoms with Crippen molar-refractivity contribution in [3.05, 3.63) is 5.82 Å². The molecular formula is C18H30N4O2S. The van der Waals surface area contributed by atoms with Gasteiger partial charge in [0, 0.05) is 39.1 Å². The molecular weight excluding hydrogens is 336 g/mol. The van der Waals surface area contributed by atoms with Crippen LogP contribution in [-0.4, -0.2) is 57.6 Å². The molecule has 1 aromatic heterocycles. The van der Waals surface area contributed by atoms with E-state index in [-0.39, 0.29) is 5.92 Å². The van der Waals surface area contributed by atoms with Gasteiger partial charge in [-0.25, -0.2) is 0 Å². The Morgan fingerprint density at radius 1 is 1.24 bits per heavy atom. The number of nitrogens with zero attached hydrogens (tertiary/aromatic N) is 4. The molecule has 0 radical (unpaired) electrons. The summed E-state index contributed by atoms with van der Waals surface area (Å²) in [6.45, 7) is 3.79. The maximum absolute atomic E-state index is 13.0. The standard InChI is InChI=1S/C18H30N4O2S/c1-4-25-18-20-19-16(21(18)2)14-6-5-11-22(12-14)17(23)13-7-9-15(24-3)10-8-13/h13-15H,4-12H2,1-3H3/t13?,14-,15?/m0/s1. The molecule has 6 nitrogen and oxygen atoms in total. The molecule has 0 aromatic carbocycles. The molecule has 1 atom stereocenters. The predicted octanol–water partition coefficient (Wildman–Crippen LogP) is 2.84. The lowest BCUT2D eigenvalue weighted by Gasteiger charge is -2.36. The molecule has 0 bridgehead atoms. The van der Waals surface area contributed by atoms with Crippen LogP contribution in [-0.2, 0) is 16.6 Å². The van der Waals surface area contributed by atoms with Gasteiger partial charge in [-0.1, -0.05) is 18.7 Å². The highest BCUT2D eigenvalue weighted by molar-refractivity contribution is 7.99. The van der Waals surface area contributed by atoms with E-state index in [9.17, 15) is 4.79 Å². The van der Waals surface area contributed by atoms with Crippen molar-refractivity contribution < 1.29 is 9.53 Å². The van der Waals surface area contributed by atoms with E-state index in [1.807, 2.05) is 7.05 Å². The largest absolute Gasteiger partial charge is 0.381 e. The van der Waals surface area contributed by atoms with Crippen molar-refractivity contribution in [2.24, 2.45) is 13.0 Å². The summed E-state index contributed by atoms with van der Waals surface area (Å²) in [5.74, 6) is 2.83. The molecule has 7 heteroatoms. The lowest BCUT2D eigenvalue weighted by atomic mass is 9.85. The van der Waals surface area contributed by atoms with Crippen molar-refractivity contribution in [1.82, 2.24) is 19.7 Å². The minimum Gasteiger partial charge on any atom is -0.381 e. The first-order chi connectivity index (χ1) is 12.1. The number of hydrogen-bond acceptors (Lipinski definition) is 5. The average molecular weight is 367 g/mol. The Bertz CT molecular complexity index is 584. The van der Waals surface area contributed by atoms with Gasteiger partial charge < -0.3 is 14.2 Å². The van der Waals surface area contributed by atoms with Crippen LogP contribution in [0.25, 0.3) is 0 Å². The molecule has 1 saturated heterocycles. The highest BCUT2D eigenvalue weighted by Crippen LogP contribution is 2.32. The van der Waals surface area contributed by atoms with Crippen molar-refractivity contribution in [2.45, 2.75) is 62.6 Å². The molecule has 1 aromatic rings. The van der Waals surface area contributed by atoms with E-state index in [0.717, 1.165) is 68.3 Å². The van der Waals surface area contributed by atoms with E-state index in [1.165, 1.54) is 0 Å². The van der Waals surface area contributed by atoms with Gasteiger partial charge in [-0.05, 0) is 44.3 Å². The molecule has 1 aliphatic carbocycles. The first kappa shape index (κ1) is 18.7. The van der Waals surface area contributed by atoms with Gasteiger partial charge in [0.25, 0.3) is 0 Å². The number of carbonyl (C=O) groups excluding carboxylic acids is 1. The number of rotatable bonds is 5. The fourth-order valence-electron chi connectivity index (χ4n) is 4.13. The molecule has 1 amide bonds. The van der Waals surface area contributed by atoms with E-state index < -0.39 is 0 Å². The van der Waals surface area contributed by atoms with Crippen LogP contribution in [0, 0.1) is 5.92 Å². The van der Waals surface area contributed by atoms with Crippen LogP contribution in [0.1, 0.15) is 57.2 Å². The van der Waals surface area contributed by atoms with E-state index in [2.05, 4.69) is 26.6 Å². The van der Waals surface area contributed by atoms with Crippen LogP contribution < -0.4 is 0 Å². The van der Waals surface area contributed by atoms with E-state index in [1.54, 1.807) is 18.9 Å². The predicted molar refractivity (Wildman–Crippen MR) is 98.7 cm³/mol. The second kappa shape index (κ2) is 8.54. The minimum absolute atomic E-state index is 0.177. The monoisotopic (exact) mass is 366 g/mol. The number of hydrogen-bond donors (Lipinski definition) is 0. The van der Waals surface area contributed by atoms with E-state index in [0.29, 0.717) is 17.9 Å². The first-order valence-electron chi connectivity index (χ1n) is 9.47. The lowest BCUT2D eigenvalue weighted by Crippen LogP contribution is -2.44. The fourth-order valence-corrected chi connectivity index (χ4v) is 4.77. The maximum atomic E-state index is 13.0. The van der Waals surface area contributed by atoms with Crippen LogP contribution in [0.15, 0.2) is 5.16 Å². The SMILES string of the molecule is CCSc1nnc([C@H]2CCCN(C(=O)C3CCC(OC)CC3)C2)n1C. The zero-order valence-corrected chi connectivity index (χ0v) is 16.4. The zero-order chi connectivity index (χ0) is 17.8. The molecule has 25 heavy (non-hydrogen) atoms. The summed E-state index contributed by atoms with van der Waals surface area (Å²) >= 11 is 1.72. The average Bonchev–Trinajstić information content (AvgIpc) is 3.02. The van der Waals surface area contributed by atoms with Gasteiger partial charge in [-0.2, -0.15) is 0 Å². The molecule has 1 aliphatic heterocycles. The van der Waals surface area contributed by atoms with Crippen molar-refractivity contribution >= 4 is 17.7 Å². The van der Waals surface area contributed by atoms with Crippen molar-refractivity contribution in [1.29, 1.82) is 0 Å². The topological polar surface area (TPSA) is 60.3 Å². The van der Waals surface area contributed by atoms with Crippen molar-refractivity contribution in [3.8, 4) is 0 Å². The number of piperidine rings is 1. The van der Waals surface area contributed by atoms with E-state index in [4.69, 9.17) is 4.74 Å². The van der Waals surface area contributed by atoms with Gasteiger partial charge in [-0.15, -0.1) is 10.2 Å². The van der Waals surface area contributed by atoms with Crippen LogP contribution in [0.5, 0.6) is 0 Å². The van der Waals surface area contributed by atoms with Crippen LogP contribution in [0.2, 0.25) is 0 Å². The fraction of sp³-hybridized carbons (Fsp3) is 0.833. The molecule has 2 heterocycles. The molecule has 3 rings (SSSR count). The molecule has 2 aliphatic rings. The summed E-state index contributed by atoms with van der Waals surface area (Å²) in [6.07, 6.45) is 6.40. The molecule has 0 spiro atoms. The molecule has 140 valence electrons. The van der Waals surface area contributed by atoms with Crippen molar-refractivity contribution in [3.63, 3.8) is 0 Å². The number of methoxy groups -OCH3 is 1. The third-order valence-corrected chi connectivity index (χ3v) is 6.50. The van der Waals surface area contributed by atoms with Gasteiger partial charge in [0.05, 0.1) is 6.10 Å². The Morgan fingerprint density at radius 2 is 2.00 bits per heavy atom. The third-order valence-electron chi connectivity index (χ3n) is 5.60. The van der Waals surface area contributed by atoms with Gasteiger partial charge in [0.2, 0.25) is 5.91 Å². The number of amides is 1. The quantitative estimate of drug-likeness (QED) is 0.750. The summed E-state index contributed by atoms with van der Waals surface area (Å²) in [6, 6.07) is 0. The normalized spacial score (nSPS) is 27.5. The Balaban J connectivity index is 1.62. The number of aromatic nitrogens is 3. The highest BCUT2D eigenvalue weighted by atomic mass is 32.2. The van der Waals surface area contributed by atoms with Gasteiger partial charge >= 0.3 is 0 Å². The number of likely N-dealkylation sites (tertiary alicyclic amines) is 1. The van der Waals surface area contributed by atoms with Crippen LogP contribution in [0.4, 0.5) is 0 Å². The summed E-state index contributed by atoms with van der Waals surface area (Å²) in [4.78, 5) is 15.0. The summed E-state index contributed by atoms with van der Waals surface area (Å²) in [5.41, 5.74) is 0.